The predicted molar refractivity (Wildman–Crippen MR) is 64.6 cm³/mol. The highest BCUT2D eigenvalue weighted by Crippen LogP contribution is 2.03. The molecule has 1 aromatic carbocycles. The van der Waals surface area contributed by atoms with E-state index in [-0.39, 0.29) is 0 Å². The van der Waals surface area contributed by atoms with E-state index in [1.54, 1.807) is 6.21 Å². The minimum Gasteiger partial charge on any atom is -0.331 e. The Kier molecular flexibility index (Phi) is 4.64. The summed E-state index contributed by atoms with van der Waals surface area (Å²) < 4.78 is 0. The molecule has 0 saturated carbocycles. The van der Waals surface area contributed by atoms with Crippen molar-refractivity contribution in [2.45, 2.75) is 13.3 Å². The lowest BCUT2D eigenvalue weighted by Gasteiger charge is -2.05. The Balaban J connectivity index is 2.38. The number of rotatable bonds is 3. The van der Waals surface area contributed by atoms with Gasteiger partial charge in [-0.2, -0.15) is 5.10 Å². The highest BCUT2D eigenvalue weighted by molar-refractivity contribution is 7.80. The number of anilines is 1. The van der Waals surface area contributed by atoms with Gasteiger partial charge in [-0.3, -0.25) is 5.43 Å². The van der Waals surface area contributed by atoms with Crippen molar-refractivity contribution >= 4 is 29.2 Å². The van der Waals surface area contributed by atoms with Crippen molar-refractivity contribution in [3.63, 3.8) is 0 Å². The molecule has 0 fully saturated rings. The largest absolute Gasteiger partial charge is 0.331 e. The standard InChI is InChI=1S/C10H13N3S/c1-2-8-11-13-10(14)12-9-6-4-3-5-7-9/h3-8H,2H2,1H3,(H2,12,13,14)/b11-8+. The van der Waals surface area contributed by atoms with Gasteiger partial charge in [-0.1, -0.05) is 25.1 Å². The molecule has 1 rings (SSSR count). The van der Waals surface area contributed by atoms with Gasteiger partial charge in [-0.05, 0) is 30.8 Å². The Bertz CT molecular complexity index is 308. The van der Waals surface area contributed by atoms with Crippen LogP contribution in [0.5, 0.6) is 0 Å². The molecule has 2 N–H and O–H groups in total. The Morgan fingerprint density at radius 3 is 2.79 bits per heavy atom. The average Bonchev–Trinajstić information content (AvgIpc) is 2.20. The first-order valence-electron chi connectivity index (χ1n) is 4.46. The number of nitrogens with zero attached hydrogens (tertiary/aromatic N) is 1. The Morgan fingerprint density at radius 2 is 2.14 bits per heavy atom. The van der Waals surface area contributed by atoms with Crippen LogP contribution >= 0.6 is 12.2 Å². The van der Waals surface area contributed by atoms with Crippen LogP contribution in [0.1, 0.15) is 13.3 Å². The number of benzene rings is 1. The van der Waals surface area contributed by atoms with Gasteiger partial charge in [0.2, 0.25) is 0 Å². The Hall–Kier alpha value is -1.42. The molecule has 0 unspecified atom stereocenters. The van der Waals surface area contributed by atoms with Crippen LogP contribution < -0.4 is 10.7 Å². The molecular weight excluding hydrogens is 194 g/mol. The van der Waals surface area contributed by atoms with E-state index in [9.17, 15) is 0 Å². The second-order valence-corrected chi connectivity index (χ2v) is 3.06. The van der Waals surface area contributed by atoms with Crippen molar-refractivity contribution in [2.75, 3.05) is 5.32 Å². The molecule has 0 atom stereocenters. The monoisotopic (exact) mass is 207 g/mol. The first-order valence-corrected chi connectivity index (χ1v) is 4.87. The van der Waals surface area contributed by atoms with Crippen LogP contribution in [0.25, 0.3) is 0 Å². The molecule has 0 heterocycles. The molecule has 0 bridgehead atoms. The molecule has 0 aliphatic heterocycles. The van der Waals surface area contributed by atoms with Crippen LogP contribution in [0.4, 0.5) is 5.69 Å². The van der Waals surface area contributed by atoms with Crippen LogP contribution in [0.3, 0.4) is 0 Å². The summed E-state index contributed by atoms with van der Waals surface area (Å²) in [4.78, 5) is 0. The molecule has 0 saturated heterocycles. The van der Waals surface area contributed by atoms with Crippen molar-refractivity contribution in [1.29, 1.82) is 0 Å². The predicted octanol–water partition coefficient (Wildman–Crippen LogP) is 2.37. The number of para-hydroxylation sites is 1. The third-order valence-corrected chi connectivity index (χ3v) is 1.66. The van der Waals surface area contributed by atoms with E-state index in [0.717, 1.165) is 12.1 Å². The molecule has 0 amide bonds. The van der Waals surface area contributed by atoms with Gasteiger partial charge in [0.1, 0.15) is 0 Å². The Morgan fingerprint density at radius 1 is 1.43 bits per heavy atom. The van der Waals surface area contributed by atoms with Crippen LogP contribution in [0.2, 0.25) is 0 Å². The summed E-state index contributed by atoms with van der Waals surface area (Å²) >= 11 is 5.01. The zero-order valence-electron chi connectivity index (χ0n) is 8.03. The van der Waals surface area contributed by atoms with Crippen LogP contribution in [0, 0.1) is 0 Å². The lowest BCUT2D eigenvalue weighted by atomic mass is 10.3. The molecule has 0 aliphatic rings. The van der Waals surface area contributed by atoms with Gasteiger partial charge in [0.25, 0.3) is 0 Å². The van der Waals surface area contributed by atoms with Crippen molar-refractivity contribution in [3.05, 3.63) is 30.3 Å². The highest BCUT2D eigenvalue weighted by Gasteiger charge is 1.92. The van der Waals surface area contributed by atoms with E-state index >= 15 is 0 Å². The van der Waals surface area contributed by atoms with E-state index in [4.69, 9.17) is 12.2 Å². The molecule has 0 spiro atoms. The number of hydrazone groups is 1. The molecule has 0 aromatic heterocycles. The van der Waals surface area contributed by atoms with E-state index in [1.165, 1.54) is 0 Å². The second kappa shape index (κ2) is 6.10. The lowest BCUT2D eigenvalue weighted by Crippen LogP contribution is -2.23. The maximum atomic E-state index is 5.01. The molecule has 14 heavy (non-hydrogen) atoms. The van der Waals surface area contributed by atoms with Crippen molar-refractivity contribution in [1.82, 2.24) is 5.43 Å². The summed E-state index contributed by atoms with van der Waals surface area (Å²) in [5.74, 6) is 0. The van der Waals surface area contributed by atoms with Crippen molar-refractivity contribution < 1.29 is 0 Å². The zero-order valence-corrected chi connectivity index (χ0v) is 8.84. The lowest BCUT2D eigenvalue weighted by molar-refractivity contribution is 1.04. The van der Waals surface area contributed by atoms with Gasteiger partial charge in [-0.15, -0.1) is 0 Å². The summed E-state index contributed by atoms with van der Waals surface area (Å²) in [6.45, 7) is 2.01. The number of nitrogens with one attached hydrogen (secondary N) is 2. The van der Waals surface area contributed by atoms with Crippen LogP contribution in [-0.2, 0) is 0 Å². The topological polar surface area (TPSA) is 36.4 Å². The molecule has 3 nitrogen and oxygen atoms in total. The van der Waals surface area contributed by atoms with E-state index in [2.05, 4.69) is 15.8 Å². The third-order valence-electron chi connectivity index (χ3n) is 1.47. The summed E-state index contributed by atoms with van der Waals surface area (Å²) in [5.41, 5.74) is 3.68. The maximum absolute atomic E-state index is 5.01. The number of hydrogen-bond donors (Lipinski definition) is 2. The smallest absolute Gasteiger partial charge is 0.191 e. The first-order chi connectivity index (χ1) is 6.83. The fourth-order valence-corrected chi connectivity index (χ4v) is 1.05. The molecule has 74 valence electrons. The zero-order chi connectivity index (χ0) is 10.2. The van der Waals surface area contributed by atoms with Gasteiger partial charge in [0.15, 0.2) is 5.11 Å². The van der Waals surface area contributed by atoms with Crippen molar-refractivity contribution in [3.8, 4) is 0 Å². The summed E-state index contributed by atoms with van der Waals surface area (Å²) in [7, 11) is 0. The SMILES string of the molecule is CC/C=N/NC(=S)Nc1ccccc1. The summed E-state index contributed by atoms with van der Waals surface area (Å²) in [6.07, 6.45) is 2.65. The molecule has 0 radical (unpaired) electrons. The van der Waals surface area contributed by atoms with E-state index in [0.29, 0.717) is 5.11 Å². The van der Waals surface area contributed by atoms with Gasteiger partial charge >= 0.3 is 0 Å². The van der Waals surface area contributed by atoms with Gasteiger partial charge in [0.05, 0.1) is 0 Å². The van der Waals surface area contributed by atoms with E-state index in [1.807, 2.05) is 37.3 Å². The highest BCUT2D eigenvalue weighted by atomic mass is 32.1. The van der Waals surface area contributed by atoms with Crippen LogP contribution in [-0.4, -0.2) is 11.3 Å². The summed E-state index contributed by atoms with van der Waals surface area (Å²) in [6, 6.07) is 9.73. The third kappa shape index (κ3) is 4.00. The average molecular weight is 207 g/mol. The molecule has 1 aromatic rings. The quantitative estimate of drug-likeness (QED) is 0.454. The van der Waals surface area contributed by atoms with E-state index < -0.39 is 0 Å². The second-order valence-electron chi connectivity index (χ2n) is 2.65. The van der Waals surface area contributed by atoms with Crippen LogP contribution in [0.15, 0.2) is 35.4 Å². The molecule has 0 aliphatic carbocycles. The molecular formula is C10H13N3S. The fraction of sp³-hybridized carbons (Fsp3) is 0.200. The molecule has 4 heteroatoms. The van der Waals surface area contributed by atoms with Gasteiger partial charge < -0.3 is 5.32 Å². The number of hydrogen-bond acceptors (Lipinski definition) is 2. The number of thiocarbonyl (C=S) groups is 1. The first kappa shape index (κ1) is 10.7. The van der Waals surface area contributed by atoms with Crippen molar-refractivity contribution in [2.24, 2.45) is 5.10 Å². The Labute approximate surface area is 89.2 Å². The summed E-state index contributed by atoms with van der Waals surface area (Å²) in [5, 5.41) is 7.42. The minimum absolute atomic E-state index is 0.501. The normalized spacial score (nSPS) is 10.1. The fourth-order valence-electron chi connectivity index (χ4n) is 0.876. The van der Waals surface area contributed by atoms with Gasteiger partial charge in [0, 0.05) is 11.9 Å². The minimum atomic E-state index is 0.501. The van der Waals surface area contributed by atoms with Gasteiger partial charge in [-0.25, -0.2) is 0 Å². The maximum Gasteiger partial charge on any atom is 0.191 e.